The molecule has 27 heavy (non-hydrogen) atoms. The molecule has 1 aromatic carbocycles. The van der Waals surface area contributed by atoms with Gasteiger partial charge in [0.2, 0.25) is 5.95 Å². The molecule has 138 valence electrons. The van der Waals surface area contributed by atoms with Crippen molar-refractivity contribution in [2.45, 2.75) is 19.9 Å². The van der Waals surface area contributed by atoms with Gasteiger partial charge in [-0.1, -0.05) is 11.6 Å². The Morgan fingerprint density at radius 2 is 1.81 bits per heavy atom. The van der Waals surface area contributed by atoms with Crippen molar-refractivity contribution in [1.29, 1.82) is 0 Å². The molecule has 3 heterocycles. The number of rotatable bonds is 5. The molecule has 0 saturated heterocycles. The van der Waals surface area contributed by atoms with Gasteiger partial charge < -0.3 is 15.2 Å². The second-order valence-electron chi connectivity index (χ2n) is 6.47. The average molecular weight is 383 g/mol. The van der Waals surface area contributed by atoms with Gasteiger partial charge in [-0.2, -0.15) is 15.1 Å². The number of fused-ring (bicyclic) bond motifs is 1. The molecule has 0 fully saturated rings. The maximum absolute atomic E-state index is 5.96. The Bertz CT molecular complexity index is 1080. The highest BCUT2D eigenvalue weighted by Crippen LogP contribution is 2.27. The van der Waals surface area contributed by atoms with Crippen LogP contribution in [0.5, 0.6) is 0 Å². The third kappa shape index (κ3) is 3.56. The van der Waals surface area contributed by atoms with E-state index >= 15 is 0 Å². The van der Waals surface area contributed by atoms with E-state index in [0.717, 1.165) is 17.0 Å². The molecule has 0 unspecified atom stereocenters. The Kier molecular flexibility index (Phi) is 4.41. The molecule has 0 radical (unpaired) electrons. The molecule has 0 aliphatic rings. The summed E-state index contributed by atoms with van der Waals surface area (Å²) in [6, 6.07) is 7.61. The maximum Gasteiger partial charge on any atom is 0.231 e. The first-order valence-corrected chi connectivity index (χ1v) is 8.90. The molecular weight excluding hydrogens is 364 g/mol. The predicted molar refractivity (Wildman–Crippen MR) is 107 cm³/mol. The molecule has 3 aromatic heterocycles. The fraction of sp³-hybridized carbons (Fsp3) is 0.222. The molecule has 0 aliphatic carbocycles. The SMILES string of the molecule is CC(C)n1cnc2c(Nc3cnn(C)c3)nc(Nc3ccc(Cl)cc3)nc21. The highest BCUT2D eigenvalue weighted by Gasteiger charge is 2.15. The molecule has 0 atom stereocenters. The number of imidazole rings is 1. The third-order valence-electron chi connectivity index (χ3n) is 4.05. The number of nitrogens with zero attached hydrogens (tertiary/aromatic N) is 6. The van der Waals surface area contributed by atoms with Crippen LogP contribution in [0.1, 0.15) is 19.9 Å². The first kappa shape index (κ1) is 17.3. The lowest BCUT2D eigenvalue weighted by Gasteiger charge is -2.11. The summed E-state index contributed by atoms with van der Waals surface area (Å²) in [6.45, 7) is 4.17. The molecular formula is C18H19ClN8. The lowest BCUT2D eigenvalue weighted by atomic mass is 10.3. The lowest BCUT2D eigenvalue weighted by molar-refractivity contribution is 0.613. The van der Waals surface area contributed by atoms with Gasteiger partial charge in [-0.3, -0.25) is 4.68 Å². The van der Waals surface area contributed by atoms with Crippen LogP contribution < -0.4 is 10.6 Å². The predicted octanol–water partition coefficient (Wildman–Crippen LogP) is 4.28. The molecule has 0 saturated carbocycles. The molecule has 0 bridgehead atoms. The summed E-state index contributed by atoms with van der Waals surface area (Å²) in [6.07, 6.45) is 5.39. The van der Waals surface area contributed by atoms with Gasteiger partial charge in [0.15, 0.2) is 17.0 Å². The Balaban J connectivity index is 1.78. The van der Waals surface area contributed by atoms with Gasteiger partial charge >= 0.3 is 0 Å². The first-order valence-electron chi connectivity index (χ1n) is 8.52. The van der Waals surface area contributed by atoms with E-state index in [9.17, 15) is 0 Å². The van der Waals surface area contributed by atoms with E-state index < -0.39 is 0 Å². The molecule has 2 N–H and O–H groups in total. The summed E-state index contributed by atoms with van der Waals surface area (Å²) in [7, 11) is 1.86. The third-order valence-corrected chi connectivity index (χ3v) is 4.30. The van der Waals surface area contributed by atoms with Crippen molar-refractivity contribution in [3.05, 3.63) is 48.0 Å². The van der Waals surface area contributed by atoms with E-state index in [0.29, 0.717) is 22.3 Å². The van der Waals surface area contributed by atoms with Crippen molar-refractivity contribution in [2.24, 2.45) is 7.05 Å². The zero-order valence-electron chi connectivity index (χ0n) is 15.2. The Hall–Kier alpha value is -3.13. The molecule has 4 aromatic rings. The minimum Gasteiger partial charge on any atom is -0.336 e. The summed E-state index contributed by atoms with van der Waals surface area (Å²) in [5.74, 6) is 1.09. The van der Waals surface area contributed by atoms with Crippen LogP contribution in [0.3, 0.4) is 0 Å². The maximum atomic E-state index is 5.96. The average Bonchev–Trinajstić information content (AvgIpc) is 3.23. The fourth-order valence-electron chi connectivity index (χ4n) is 2.72. The number of aryl methyl sites for hydroxylation is 1. The van der Waals surface area contributed by atoms with Gasteiger partial charge in [-0.15, -0.1) is 0 Å². The minimum atomic E-state index is 0.222. The molecule has 0 amide bonds. The van der Waals surface area contributed by atoms with Crippen LogP contribution in [0.15, 0.2) is 43.0 Å². The van der Waals surface area contributed by atoms with Gasteiger partial charge in [-0.25, -0.2) is 4.98 Å². The fourth-order valence-corrected chi connectivity index (χ4v) is 2.85. The summed E-state index contributed by atoms with van der Waals surface area (Å²) in [4.78, 5) is 13.8. The van der Waals surface area contributed by atoms with Crippen molar-refractivity contribution < 1.29 is 0 Å². The first-order chi connectivity index (χ1) is 13.0. The van der Waals surface area contributed by atoms with E-state index in [1.165, 1.54) is 0 Å². The summed E-state index contributed by atoms with van der Waals surface area (Å²) < 4.78 is 3.73. The van der Waals surface area contributed by atoms with E-state index in [1.807, 2.05) is 42.1 Å². The van der Waals surface area contributed by atoms with Crippen LogP contribution in [-0.2, 0) is 7.05 Å². The van der Waals surface area contributed by atoms with Crippen LogP contribution in [0.2, 0.25) is 5.02 Å². The van der Waals surface area contributed by atoms with Crippen molar-refractivity contribution >= 4 is 45.9 Å². The normalized spacial score (nSPS) is 11.3. The van der Waals surface area contributed by atoms with E-state index in [-0.39, 0.29) is 6.04 Å². The molecule has 0 spiro atoms. The number of nitrogens with one attached hydrogen (secondary N) is 2. The topological polar surface area (TPSA) is 85.5 Å². The lowest BCUT2D eigenvalue weighted by Crippen LogP contribution is -2.05. The van der Waals surface area contributed by atoms with E-state index in [1.54, 1.807) is 17.2 Å². The van der Waals surface area contributed by atoms with Crippen LogP contribution in [0, 0.1) is 0 Å². The quantitative estimate of drug-likeness (QED) is 0.535. The molecule has 0 aliphatic heterocycles. The Morgan fingerprint density at radius 1 is 1.04 bits per heavy atom. The number of aromatic nitrogens is 6. The number of halogens is 1. The number of hydrogen-bond acceptors (Lipinski definition) is 6. The van der Waals surface area contributed by atoms with Crippen molar-refractivity contribution in [1.82, 2.24) is 29.3 Å². The monoisotopic (exact) mass is 382 g/mol. The van der Waals surface area contributed by atoms with E-state index in [2.05, 4.69) is 44.5 Å². The van der Waals surface area contributed by atoms with Gasteiger partial charge in [-0.05, 0) is 38.1 Å². The highest BCUT2D eigenvalue weighted by molar-refractivity contribution is 6.30. The number of benzene rings is 1. The summed E-state index contributed by atoms with van der Waals surface area (Å²) >= 11 is 5.96. The van der Waals surface area contributed by atoms with Crippen molar-refractivity contribution in [2.75, 3.05) is 10.6 Å². The van der Waals surface area contributed by atoms with Gasteiger partial charge in [0.05, 0.1) is 18.2 Å². The Morgan fingerprint density at radius 3 is 2.48 bits per heavy atom. The van der Waals surface area contributed by atoms with Crippen LogP contribution in [-0.4, -0.2) is 29.3 Å². The van der Waals surface area contributed by atoms with Crippen molar-refractivity contribution in [3.63, 3.8) is 0 Å². The van der Waals surface area contributed by atoms with Gasteiger partial charge in [0.1, 0.15) is 0 Å². The van der Waals surface area contributed by atoms with Gasteiger partial charge in [0.25, 0.3) is 0 Å². The largest absolute Gasteiger partial charge is 0.336 e. The molecule has 9 heteroatoms. The van der Waals surface area contributed by atoms with Crippen LogP contribution in [0.25, 0.3) is 11.2 Å². The van der Waals surface area contributed by atoms with Crippen LogP contribution in [0.4, 0.5) is 23.1 Å². The number of hydrogen-bond donors (Lipinski definition) is 2. The highest BCUT2D eigenvalue weighted by atomic mass is 35.5. The zero-order valence-corrected chi connectivity index (χ0v) is 15.9. The molecule has 8 nitrogen and oxygen atoms in total. The second kappa shape index (κ2) is 6.88. The second-order valence-corrected chi connectivity index (χ2v) is 6.91. The van der Waals surface area contributed by atoms with Crippen molar-refractivity contribution in [3.8, 4) is 0 Å². The summed E-state index contributed by atoms with van der Waals surface area (Å²) in [5.41, 5.74) is 3.13. The Labute approximate surface area is 161 Å². The smallest absolute Gasteiger partial charge is 0.231 e. The molecule has 4 rings (SSSR count). The zero-order chi connectivity index (χ0) is 19.0. The summed E-state index contributed by atoms with van der Waals surface area (Å²) in [5, 5.41) is 11.4. The van der Waals surface area contributed by atoms with Crippen LogP contribution >= 0.6 is 11.6 Å². The van der Waals surface area contributed by atoms with E-state index in [4.69, 9.17) is 11.6 Å². The standard InChI is InChI=1S/C18H19ClN8/c1-11(2)27-10-20-15-16(22-14-8-21-26(3)9-14)24-18(25-17(15)27)23-13-6-4-12(19)5-7-13/h4-11H,1-3H3,(H2,22,23,24,25). The number of anilines is 4. The minimum absolute atomic E-state index is 0.222. The van der Waals surface area contributed by atoms with Gasteiger partial charge in [0, 0.05) is 30.0 Å².